The molecule has 2 saturated heterocycles. The van der Waals surface area contributed by atoms with Gasteiger partial charge in [0.1, 0.15) is 18.1 Å². The molecule has 4 rings (SSSR count). The quantitative estimate of drug-likeness (QED) is 0.690. The molecule has 2 aliphatic heterocycles. The summed E-state index contributed by atoms with van der Waals surface area (Å²) in [6, 6.07) is 4.26. The van der Waals surface area contributed by atoms with Gasteiger partial charge in [0.15, 0.2) is 0 Å². The van der Waals surface area contributed by atoms with E-state index in [1.54, 1.807) is 17.0 Å². The molecule has 0 bridgehead atoms. The van der Waals surface area contributed by atoms with Crippen LogP contribution in [0.25, 0.3) is 5.69 Å². The first-order valence-corrected chi connectivity index (χ1v) is 8.01. The largest absolute Gasteiger partial charge is 0.507 e. The molecule has 2 aromatic rings. The molecule has 0 saturated carbocycles. The van der Waals surface area contributed by atoms with Crippen molar-refractivity contribution in [3.63, 3.8) is 0 Å². The van der Waals surface area contributed by atoms with Crippen molar-refractivity contribution in [2.45, 2.75) is 6.04 Å². The SMILES string of the molecule is O=C1NCCN2CCN(C(=O)c3cc(-n4cnnn4)ccc3O)C[C@H]12. The number of aromatic hydroxyl groups is 1. The molecule has 2 fully saturated rings. The zero-order valence-corrected chi connectivity index (χ0v) is 13.4. The number of carbonyl (C=O) groups is 2. The third-order valence-electron chi connectivity index (χ3n) is 4.60. The minimum absolute atomic E-state index is 0.0598. The Kier molecular flexibility index (Phi) is 3.80. The molecule has 0 radical (unpaired) electrons. The Labute approximate surface area is 143 Å². The van der Waals surface area contributed by atoms with Crippen molar-refractivity contribution in [2.75, 3.05) is 32.7 Å². The average Bonchev–Trinajstić information content (AvgIpc) is 3.16. The van der Waals surface area contributed by atoms with Crippen LogP contribution >= 0.6 is 0 Å². The van der Waals surface area contributed by atoms with Crippen molar-refractivity contribution in [1.82, 2.24) is 35.3 Å². The van der Waals surface area contributed by atoms with Crippen LogP contribution in [0.5, 0.6) is 5.75 Å². The van der Waals surface area contributed by atoms with Crippen LogP contribution in [0.2, 0.25) is 0 Å². The fourth-order valence-corrected chi connectivity index (χ4v) is 3.25. The Morgan fingerprint density at radius 1 is 1.28 bits per heavy atom. The second-order valence-electron chi connectivity index (χ2n) is 6.05. The van der Waals surface area contributed by atoms with Crippen LogP contribution in [-0.2, 0) is 4.79 Å². The maximum atomic E-state index is 12.9. The Bertz CT molecular complexity index is 807. The number of rotatable bonds is 2. The summed E-state index contributed by atoms with van der Waals surface area (Å²) < 4.78 is 1.41. The number of carbonyl (C=O) groups excluding carboxylic acids is 2. The number of nitrogens with zero attached hydrogens (tertiary/aromatic N) is 6. The fourth-order valence-electron chi connectivity index (χ4n) is 3.25. The van der Waals surface area contributed by atoms with Gasteiger partial charge in [-0.1, -0.05) is 0 Å². The smallest absolute Gasteiger partial charge is 0.257 e. The molecular formula is C15H17N7O3. The summed E-state index contributed by atoms with van der Waals surface area (Å²) in [6.45, 7) is 2.88. The van der Waals surface area contributed by atoms with Gasteiger partial charge in [0.25, 0.3) is 5.91 Å². The molecule has 1 atom stereocenters. The summed E-state index contributed by atoms with van der Waals surface area (Å²) in [4.78, 5) is 28.6. The molecule has 1 aromatic carbocycles. The minimum Gasteiger partial charge on any atom is -0.507 e. The lowest BCUT2D eigenvalue weighted by Crippen LogP contribution is -2.64. The van der Waals surface area contributed by atoms with Gasteiger partial charge in [0.05, 0.1) is 11.3 Å². The third-order valence-corrected chi connectivity index (χ3v) is 4.60. The topological polar surface area (TPSA) is 116 Å². The number of hydrogen-bond acceptors (Lipinski definition) is 7. The highest BCUT2D eigenvalue weighted by molar-refractivity contribution is 5.98. The number of hydrogen-bond donors (Lipinski definition) is 2. The van der Waals surface area contributed by atoms with Crippen LogP contribution in [0.15, 0.2) is 24.5 Å². The summed E-state index contributed by atoms with van der Waals surface area (Å²) in [5, 5.41) is 23.9. The van der Waals surface area contributed by atoms with E-state index in [1.807, 2.05) is 0 Å². The van der Waals surface area contributed by atoms with Crippen molar-refractivity contribution in [3.8, 4) is 11.4 Å². The fraction of sp³-hybridized carbons (Fsp3) is 0.400. The normalized spacial score (nSPS) is 20.9. The van der Waals surface area contributed by atoms with Gasteiger partial charge in [-0.05, 0) is 28.6 Å². The van der Waals surface area contributed by atoms with Gasteiger partial charge < -0.3 is 15.3 Å². The van der Waals surface area contributed by atoms with Crippen molar-refractivity contribution in [2.24, 2.45) is 0 Å². The number of amides is 2. The lowest BCUT2D eigenvalue weighted by atomic mass is 10.1. The van der Waals surface area contributed by atoms with E-state index in [9.17, 15) is 14.7 Å². The summed E-state index contributed by atoms with van der Waals surface area (Å²) in [5.41, 5.74) is 0.734. The van der Waals surface area contributed by atoms with E-state index >= 15 is 0 Å². The number of phenolic OH excluding ortho intramolecular Hbond substituents is 1. The molecule has 0 aliphatic carbocycles. The van der Waals surface area contributed by atoms with Gasteiger partial charge in [-0.15, -0.1) is 5.10 Å². The van der Waals surface area contributed by atoms with Crippen molar-refractivity contribution >= 4 is 11.8 Å². The Morgan fingerprint density at radius 2 is 2.16 bits per heavy atom. The Balaban J connectivity index is 1.58. The van der Waals surface area contributed by atoms with Gasteiger partial charge in [-0.2, -0.15) is 0 Å². The second-order valence-corrected chi connectivity index (χ2v) is 6.05. The number of piperazine rings is 2. The van der Waals surface area contributed by atoms with E-state index in [-0.39, 0.29) is 29.2 Å². The maximum absolute atomic E-state index is 12.9. The zero-order chi connectivity index (χ0) is 17.4. The summed E-state index contributed by atoms with van der Waals surface area (Å²) in [5.74, 6) is -0.488. The lowest BCUT2D eigenvalue weighted by molar-refractivity contribution is -0.131. The van der Waals surface area contributed by atoms with Crippen molar-refractivity contribution in [1.29, 1.82) is 0 Å². The first-order valence-electron chi connectivity index (χ1n) is 8.01. The van der Waals surface area contributed by atoms with Crippen molar-refractivity contribution in [3.05, 3.63) is 30.1 Å². The predicted octanol–water partition coefficient (Wildman–Crippen LogP) is -1.38. The summed E-state index contributed by atoms with van der Waals surface area (Å²) >= 11 is 0. The van der Waals surface area contributed by atoms with Crippen LogP contribution in [0.1, 0.15) is 10.4 Å². The molecule has 3 heterocycles. The van der Waals surface area contributed by atoms with Gasteiger partial charge in [-0.25, -0.2) is 4.68 Å². The standard InChI is InChI=1S/C15H17N7O3/c23-13-2-1-10(22-9-17-18-19-22)7-11(13)15(25)21-6-5-20-4-3-16-14(24)12(20)8-21/h1-2,7,9,12,23H,3-6,8H2,(H,16,24)/t12-/m1/s1. The van der Waals surface area contributed by atoms with Crippen LogP contribution in [-0.4, -0.2) is 85.7 Å². The maximum Gasteiger partial charge on any atom is 0.257 e. The highest BCUT2D eigenvalue weighted by Crippen LogP contribution is 2.23. The summed E-state index contributed by atoms with van der Waals surface area (Å²) in [6.07, 6.45) is 1.41. The van der Waals surface area contributed by atoms with E-state index in [4.69, 9.17) is 0 Å². The molecule has 0 spiro atoms. The number of tetrazole rings is 1. The molecule has 0 unspecified atom stereocenters. The number of fused-ring (bicyclic) bond motifs is 1. The van der Waals surface area contributed by atoms with E-state index in [2.05, 4.69) is 25.7 Å². The van der Waals surface area contributed by atoms with E-state index in [0.29, 0.717) is 31.9 Å². The number of benzene rings is 1. The van der Waals surface area contributed by atoms with Gasteiger partial charge in [0, 0.05) is 32.7 Å². The lowest BCUT2D eigenvalue weighted by Gasteiger charge is -2.43. The van der Waals surface area contributed by atoms with Crippen molar-refractivity contribution < 1.29 is 14.7 Å². The van der Waals surface area contributed by atoms with Gasteiger partial charge >= 0.3 is 0 Å². The molecule has 130 valence electrons. The molecule has 10 heteroatoms. The van der Waals surface area contributed by atoms with Gasteiger partial charge in [-0.3, -0.25) is 14.5 Å². The molecule has 10 nitrogen and oxygen atoms in total. The number of aromatic nitrogens is 4. The molecule has 2 aliphatic rings. The number of phenols is 1. The van der Waals surface area contributed by atoms with Crippen LogP contribution in [0, 0.1) is 0 Å². The van der Waals surface area contributed by atoms with E-state index < -0.39 is 0 Å². The average molecular weight is 343 g/mol. The van der Waals surface area contributed by atoms with Crippen LogP contribution in [0.3, 0.4) is 0 Å². The second kappa shape index (κ2) is 6.13. The van der Waals surface area contributed by atoms with E-state index in [1.165, 1.54) is 17.1 Å². The van der Waals surface area contributed by atoms with Crippen LogP contribution in [0.4, 0.5) is 0 Å². The first-order chi connectivity index (χ1) is 12.1. The Morgan fingerprint density at radius 3 is 2.96 bits per heavy atom. The minimum atomic E-state index is -0.337. The van der Waals surface area contributed by atoms with Crippen LogP contribution < -0.4 is 5.32 Å². The molecule has 2 amide bonds. The number of nitrogens with one attached hydrogen (secondary N) is 1. The first kappa shape index (κ1) is 15.5. The predicted molar refractivity (Wildman–Crippen MR) is 85.1 cm³/mol. The monoisotopic (exact) mass is 343 g/mol. The highest BCUT2D eigenvalue weighted by atomic mass is 16.3. The summed E-state index contributed by atoms with van der Waals surface area (Å²) in [7, 11) is 0. The molecule has 1 aromatic heterocycles. The molecule has 25 heavy (non-hydrogen) atoms. The molecule has 2 N–H and O–H groups in total. The third kappa shape index (κ3) is 2.80. The highest BCUT2D eigenvalue weighted by Gasteiger charge is 2.36. The van der Waals surface area contributed by atoms with E-state index in [0.717, 1.165) is 6.54 Å². The Hall–Kier alpha value is -3.01. The molecular weight excluding hydrogens is 326 g/mol. The van der Waals surface area contributed by atoms with Gasteiger partial charge in [0.2, 0.25) is 5.91 Å². The zero-order valence-electron chi connectivity index (χ0n) is 13.4.